The highest BCUT2D eigenvalue weighted by Crippen LogP contribution is 2.58. The van der Waals surface area contributed by atoms with Crippen molar-refractivity contribution in [3.63, 3.8) is 0 Å². The van der Waals surface area contributed by atoms with Crippen LogP contribution in [0.4, 0.5) is 0 Å². The summed E-state index contributed by atoms with van der Waals surface area (Å²) in [7, 11) is -3.95. The van der Waals surface area contributed by atoms with E-state index in [1.807, 2.05) is 44.2 Å². The van der Waals surface area contributed by atoms with Gasteiger partial charge in [0.25, 0.3) is 0 Å². The van der Waals surface area contributed by atoms with Crippen LogP contribution in [-0.4, -0.2) is 115 Å². The summed E-state index contributed by atoms with van der Waals surface area (Å²) in [6.07, 6.45) is 13.1. The van der Waals surface area contributed by atoms with Crippen molar-refractivity contribution in [1.82, 2.24) is 19.5 Å². The lowest BCUT2D eigenvalue weighted by Crippen LogP contribution is -2.48. The third kappa shape index (κ3) is 9.06. The minimum Gasteiger partial charge on any atom is -0.492 e. The first kappa shape index (κ1) is 45.1. The molecule has 1 spiro atoms. The van der Waals surface area contributed by atoms with E-state index in [4.69, 9.17) is 23.9 Å². The van der Waals surface area contributed by atoms with Crippen molar-refractivity contribution >= 4 is 44.5 Å². The van der Waals surface area contributed by atoms with Crippen LogP contribution >= 0.6 is 0 Å². The van der Waals surface area contributed by atoms with Crippen LogP contribution < -0.4 is 14.2 Å². The van der Waals surface area contributed by atoms with Crippen molar-refractivity contribution in [3.05, 3.63) is 41.6 Å². The Morgan fingerprint density at radius 3 is 2.53 bits per heavy atom. The standard InChI is InChI=1S/C49H66N4O10S/c1-4-38-43-36(37-28-35(13-14-39(37)50-38)61-26-23-52-21-24-60-25-22-52)15-18-48(63-43)30-40-41(54)31-49(45(57)51-64(58,59)47(3)19-20-47)29-34(49)12-9-7-5-6-8-11-33(44(56)53(40)32-48)27-42(55)62-46(2)16-10-17-46/h9,12-14,28,33-34,40H,4-8,10-11,15-27,29-32H2,1-3H3,(H,51,57)/b12-9-/t33-,34-,40+,48-,49-/m1/s1. The first-order chi connectivity index (χ1) is 30.6. The quantitative estimate of drug-likeness (QED) is 0.202. The summed E-state index contributed by atoms with van der Waals surface area (Å²) in [5, 5.41) is 0.945. The number of esters is 1. The number of ketones is 1. The number of aryl methyl sites for hydroxylation is 2. The van der Waals surface area contributed by atoms with Gasteiger partial charge < -0.3 is 23.8 Å². The molecule has 5 fully saturated rings. The molecule has 0 radical (unpaired) electrons. The van der Waals surface area contributed by atoms with E-state index in [0.717, 1.165) is 106 Å². The van der Waals surface area contributed by atoms with Crippen molar-refractivity contribution in [2.45, 2.75) is 152 Å². The summed E-state index contributed by atoms with van der Waals surface area (Å²) < 4.78 is 53.0. The van der Waals surface area contributed by atoms with Crippen LogP contribution in [0.25, 0.3) is 10.9 Å². The van der Waals surface area contributed by atoms with Gasteiger partial charge in [-0.3, -0.25) is 28.8 Å². The van der Waals surface area contributed by atoms with Crippen molar-refractivity contribution in [2.75, 3.05) is 46.0 Å². The molecule has 4 aliphatic heterocycles. The minimum absolute atomic E-state index is 0.0831. The Hall–Kier alpha value is -4.08. The number of pyridine rings is 1. The summed E-state index contributed by atoms with van der Waals surface area (Å²) >= 11 is 0. The Balaban J connectivity index is 1.02. The highest BCUT2D eigenvalue weighted by molar-refractivity contribution is 7.91. The van der Waals surface area contributed by atoms with Gasteiger partial charge in [0.1, 0.15) is 29.3 Å². The lowest BCUT2D eigenvalue weighted by Gasteiger charge is -2.38. The second kappa shape index (κ2) is 17.6. The molecular weight excluding hydrogens is 837 g/mol. The van der Waals surface area contributed by atoms with Gasteiger partial charge in [0.15, 0.2) is 5.78 Å². The molecule has 9 rings (SSSR count). The Kier molecular flexibility index (Phi) is 12.4. The van der Waals surface area contributed by atoms with Crippen LogP contribution in [0.5, 0.6) is 11.5 Å². The van der Waals surface area contributed by atoms with Gasteiger partial charge in [0, 0.05) is 49.3 Å². The second-order valence-corrected chi connectivity index (χ2v) is 22.6. The number of morpholine rings is 1. The number of ether oxygens (including phenoxy) is 4. The summed E-state index contributed by atoms with van der Waals surface area (Å²) in [4.78, 5) is 66.9. The lowest BCUT2D eigenvalue weighted by atomic mass is 9.82. The fraction of sp³-hybridized carbons (Fsp3) is 0.694. The van der Waals surface area contributed by atoms with Gasteiger partial charge in [-0.2, -0.15) is 0 Å². The first-order valence-corrected chi connectivity index (χ1v) is 25.5. The van der Waals surface area contributed by atoms with Crippen molar-refractivity contribution in [2.24, 2.45) is 17.3 Å². The zero-order valence-corrected chi connectivity index (χ0v) is 38.7. The number of fused-ring (bicyclic) bond motifs is 5. The predicted molar refractivity (Wildman–Crippen MR) is 239 cm³/mol. The van der Waals surface area contributed by atoms with Crippen molar-refractivity contribution < 1.29 is 46.5 Å². The third-order valence-corrected chi connectivity index (χ3v) is 17.8. The van der Waals surface area contributed by atoms with E-state index in [9.17, 15) is 18.0 Å². The van der Waals surface area contributed by atoms with Gasteiger partial charge >= 0.3 is 5.97 Å². The number of amides is 2. The summed E-state index contributed by atoms with van der Waals surface area (Å²) in [6, 6.07) is 5.04. The zero-order chi connectivity index (χ0) is 44.9. The number of benzene rings is 1. The average Bonchev–Trinajstić information content (AvgIpc) is 4.16. The maximum atomic E-state index is 15.1. The summed E-state index contributed by atoms with van der Waals surface area (Å²) in [5.74, 6) is -1.23. The molecule has 348 valence electrons. The van der Waals surface area contributed by atoms with E-state index in [0.29, 0.717) is 57.3 Å². The number of hydrogen-bond donors (Lipinski definition) is 1. The molecule has 15 heteroatoms. The predicted octanol–water partition coefficient (Wildman–Crippen LogP) is 6.15. The topological polar surface area (TPSA) is 171 Å². The van der Waals surface area contributed by atoms with Crippen molar-refractivity contribution in [1.29, 1.82) is 0 Å². The van der Waals surface area contributed by atoms with E-state index in [2.05, 4.69) is 9.62 Å². The fourth-order valence-electron chi connectivity index (χ4n) is 10.8. The fourth-order valence-corrected chi connectivity index (χ4v) is 12.1. The minimum atomic E-state index is -3.95. The van der Waals surface area contributed by atoms with Crippen LogP contribution in [0.15, 0.2) is 30.4 Å². The van der Waals surface area contributed by atoms with Gasteiger partial charge in [-0.05, 0) is 115 Å². The van der Waals surface area contributed by atoms with E-state index in [-0.39, 0.29) is 43.4 Å². The highest BCUT2D eigenvalue weighted by Gasteiger charge is 2.63. The molecule has 2 amide bonds. The SMILES string of the molecule is CCc1nc2ccc(OCCN3CCOCC3)cc2c2c1O[C@]1(CC2)C[C@H]2C(=O)C[C@]3(C(=O)NS(=O)(=O)C4(C)CC4)C[C@H]3/C=C\CCCCC[C@H](CC(=O)OC3(C)CCC3)C(=O)N2C1. The molecule has 0 bridgehead atoms. The number of aromatic nitrogens is 1. The molecule has 0 unspecified atom stereocenters. The summed E-state index contributed by atoms with van der Waals surface area (Å²) in [6.45, 7) is 10.3. The molecule has 1 aromatic carbocycles. The number of allylic oxidation sites excluding steroid dienone is 2. The Morgan fingerprint density at radius 2 is 1.80 bits per heavy atom. The van der Waals surface area contributed by atoms with Crippen LogP contribution in [0.1, 0.15) is 128 Å². The number of rotatable bonds is 11. The number of hydrogen-bond acceptors (Lipinski definition) is 12. The van der Waals surface area contributed by atoms with Gasteiger partial charge in [-0.1, -0.05) is 31.9 Å². The van der Waals surface area contributed by atoms with Crippen LogP contribution in [0, 0.1) is 17.3 Å². The van der Waals surface area contributed by atoms with Crippen LogP contribution in [0.2, 0.25) is 0 Å². The lowest BCUT2D eigenvalue weighted by molar-refractivity contribution is -0.169. The highest BCUT2D eigenvalue weighted by atomic mass is 32.2. The Morgan fingerprint density at radius 1 is 1.00 bits per heavy atom. The molecule has 2 aromatic rings. The van der Waals surface area contributed by atoms with Gasteiger partial charge in [-0.15, -0.1) is 0 Å². The van der Waals surface area contributed by atoms with Crippen LogP contribution in [-0.2, 0) is 51.5 Å². The molecule has 7 aliphatic rings. The zero-order valence-electron chi connectivity index (χ0n) is 37.9. The van der Waals surface area contributed by atoms with E-state index < -0.39 is 55.2 Å². The normalized spacial score (nSPS) is 30.7. The molecular formula is C49H66N4O10S. The summed E-state index contributed by atoms with van der Waals surface area (Å²) in [5.41, 5.74) is -0.0440. The number of carbonyl (C=O) groups is 4. The molecule has 5 heterocycles. The number of carbonyl (C=O) groups excluding carboxylic acids is 4. The van der Waals surface area contributed by atoms with Gasteiger partial charge in [0.2, 0.25) is 21.8 Å². The molecule has 3 aliphatic carbocycles. The third-order valence-electron chi connectivity index (χ3n) is 15.6. The molecule has 3 saturated carbocycles. The van der Waals surface area contributed by atoms with Gasteiger partial charge in [0.05, 0.1) is 53.6 Å². The largest absolute Gasteiger partial charge is 0.492 e. The number of Topliss-reactive ketones (excluding diaryl/α,β-unsaturated/α-hetero) is 1. The first-order valence-electron chi connectivity index (χ1n) is 24.0. The monoisotopic (exact) mass is 902 g/mol. The van der Waals surface area contributed by atoms with Gasteiger partial charge in [-0.25, -0.2) is 13.4 Å². The van der Waals surface area contributed by atoms with E-state index in [1.54, 1.807) is 11.8 Å². The number of sulfonamides is 1. The molecule has 5 atom stereocenters. The van der Waals surface area contributed by atoms with E-state index in [1.165, 1.54) is 0 Å². The molecule has 14 nitrogen and oxygen atoms in total. The van der Waals surface area contributed by atoms with Crippen molar-refractivity contribution in [3.8, 4) is 11.5 Å². The second-order valence-electron chi connectivity index (χ2n) is 20.4. The average molecular weight is 903 g/mol. The maximum Gasteiger partial charge on any atom is 0.307 e. The molecule has 64 heavy (non-hydrogen) atoms. The Bertz CT molecular complexity index is 2300. The molecule has 2 saturated heterocycles. The molecule has 1 aromatic heterocycles. The van der Waals surface area contributed by atoms with Crippen LogP contribution in [0.3, 0.4) is 0 Å². The maximum absolute atomic E-state index is 15.1. The number of nitrogens with one attached hydrogen (secondary N) is 1. The smallest absolute Gasteiger partial charge is 0.307 e. The number of nitrogens with zero attached hydrogens (tertiary/aromatic N) is 3. The Labute approximate surface area is 377 Å². The van der Waals surface area contributed by atoms with E-state index >= 15 is 9.59 Å². The molecule has 1 N–H and O–H groups in total.